The lowest BCUT2D eigenvalue weighted by Gasteiger charge is -2.24. The molecule has 0 unspecified atom stereocenters. The minimum Gasteiger partial charge on any atom is -0.478 e. The Morgan fingerprint density at radius 2 is 2.12 bits per heavy atom. The third kappa shape index (κ3) is 3.11. The lowest BCUT2D eigenvalue weighted by molar-refractivity contribution is 0.0697. The van der Waals surface area contributed by atoms with Gasteiger partial charge in [-0.25, -0.2) is 4.79 Å². The van der Waals surface area contributed by atoms with Crippen molar-refractivity contribution in [1.82, 2.24) is 0 Å². The normalized spacial score (nSPS) is 16.8. The van der Waals surface area contributed by atoms with Crippen molar-refractivity contribution in [2.24, 2.45) is 0 Å². The highest BCUT2D eigenvalue weighted by Gasteiger charge is 2.15. The second kappa shape index (κ2) is 5.38. The number of rotatable bonds is 3. The fourth-order valence-corrected chi connectivity index (χ4v) is 2.06. The Balaban J connectivity index is 2.08. The quantitative estimate of drug-likeness (QED) is 0.872. The van der Waals surface area contributed by atoms with Gasteiger partial charge < -0.3 is 15.2 Å². The zero-order valence-corrected chi connectivity index (χ0v) is 10.0. The standard InChI is InChI=1S/C12H14ClNO3/c13-10-7-8(12(15)16)1-2-11(10)14-9-3-5-17-6-4-9/h1-2,7,9,14H,3-6H2,(H,15,16). The van der Waals surface area contributed by atoms with Crippen LogP contribution in [0.1, 0.15) is 23.2 Å². The van der Waals surface area contributed by atoms with Gasteiger partial charge in [0, 0.05) is 19.3 Å². The smallest absolute Gasteiger partial charge is 0.335 e. The van der Waals surface area contributed by atoms with Crippen LogP contribution in [-0.4, -0.2) is 30.3 Å². The topological polar surface area (TPSA) is 58.6 Å². The Morgan fingerprint density at radius 3 is 2.71 bits per heavy atom. The van der Waals surface area contributed by atoms with Crippen molar-refractivity contribution in [3.8, 4) is 0 Å². The van der Waals surface area contributed by atoms with E-state index in [1.165, 1.54) is 6.07 Å². The lowest BCUT2D eigenvalue weighted by atomic mass is 10.1. The van der Waals surface area contributed by atoms with Crippen LogP contribution in [0, 0.1) is 0 Å². The van der Waals surface area contributed by atoms with Crippen LogP contribution in [0.2, 0.25) is 5.02 Å². The fraction of sp³-hybridized carbons (Fsp3) is 0.417. The molecule has 0 saturated carbocycles. The Labute approximate surface area is 105 Å². The molecule has 92 valence electrons. The molecule has 0 amide bonds. The van der Waals surface area contributed by atoms with Crippen LogP contribution in [0.15, 0.2) is 18.2 Å². The molecule has 1 aromatic rings. The van der Waals surface area contributed by atoms with Gasteiger partial charge in [0.05, 0.1) is 16.3 Å². The summed E-state index contributed by atoms with van der Waals surface area (Å²) in [6.45, 7) is 1.50. The van der Waals surface area contributed by atoms with E-state index in [-0.39, 0.29) is 5.56 Å². The van der Waals surface area contributed by atoms with E-state index < -0.39 is 5.97 Å². The maximum absolute atomic E-state index is 10.8. The van der Waals surface area contributed by atoms with Gasteiger partial charge >= 0.3 is 5.97 Å². The van der Waals surface area contributed by atoms with E-state index in [1.807, 2.05) is 0 Å². The van der Waals surface area contributed by atoms with E-state index >= 15 is 0 Å². The molecule has 0 bridgehead atoms. The van der Waals surface area contributed by atoms with Gasteiger partial charge in [0.15, 0.2) is 0 Å². The van der Waals surface area contributed by atoms with Gasteiger partial charge in [-0.15, -0.1) is 0 Å². The van der Waals surface area contributed by atoms with E-state index in [9.17, 15) is 4.79 Å². The van der Waals surface area contributed by atoms with Crippen LogP contribution in [0.4, 0.5) is 5.69 Å². The van der Waals surface area contributed by atoms with Crippen molar-refractivity contribution in [3.05, 3.63) is 28.8 Å². The second-order valence-corrected chi connectivity index (χ2v) is 4.44. The highest BCUT2D eigenvalue weighted by molar-refractivity contribution is 6.33. The summed E-state index contributed by atoms with van der Waals surface area (Å²) < 4.78 is 5.27. The number of carboxylic acid groups (broad SMARTS) is 1. The van der Waals surface area contributed by atoms with Crippen LogP contribution in [0.3, 0.4) is 0 Å². The molecule has 1 saturated heterocycles. The summed E-state index contributed by atoms with van der Waals surface area (Å²) in [7, 11) is 0. The van der Waals surface area contributed by atoms with Crippen molar-refractivity contribution >= 4 is 23.3 Å². The second-order valence-electron chi connectivity index (χ2n) is 4.03. The van der Waals surface area contributed by atoms with Gasteiger partial charge in [-0.3, -0.25) is 0 Å². The maximum Gasteiger partial charge on any atom is 0.335 e. The third-order valence-corrected chi connectivity index (χ3v) is 3.11. The number of aromatic carboxylic acids is 1. The van der Waals surface area contributed by atoms with Crippen LogP contribution in [-0.2, 0) is 4.74 Å². The van der Waals surface area contributed by atoms with Crippen LogP contribution < -0.4 is 5.32 Å². The van der Waals surface area contributed by atoms with Crippen molar-refractivity contribution < 1.29 is 14.6 Å². The minimum atomic E-state index is -0.968. The van der Waals surface area contributed by atoms with E-state index in [1.54, 1.807) is 12.1 Å². The van der Waals surface area contributed by atoms with E-state index in [4.69, 9.17) is 21.4 Å². The molecule has 0 spiro atoms. The van der Waals surface area contributed by atoms with E-state index in [2.05, 4.69) is 5.32 Å². The Morgan fingerprint density at radius 1 is 1.41 bits per heavy atom. The van der Waals surface area contributed by atoms with Gasteiger partial charge in [0.1, 0.15) is 0 Å². The Bertz CT molecular complexity index is 416. The van der Waals surface area contributed by atoms with Crippen LogP contribution >= 0.6 is 11.6 Å². The van der Waals surface area contributed by atoms with E-state index in [0.29, 0.717) is 11.1 Å². The van der Waals surface area contributed by atoms with Crippen molar-refractivity contribution in [2.75, 3.05) is 18.5 Å². The number of anilines is 1. The number of halogens is 1. The van der Waals surface area contributed by atoms with Gasteiger partial charge in [-0.1, -0.05) is 11.6 Å². The van der Waals surface area contributed by atoms with Gasteiger partial charge in [0.25, 0.3) is 0 Å². The fourth-order valence-electron chi connectivity index (χ4n) is 1.83. The number of ether oxygens (including phenoxy) is 1. The van der Waals surface area contributed by atoms with Gasteiger partial charge in [0.2, 0.25) is 0 Å². The summed E-state index contributed by atoms with van der Waals surface area (Å²) in [6, 6.07) is 5.07. The molecule has 1 heterocycles. The van der Waals surface area contributed by atoms with Gasteiger partial charge in [-0.05, 0) is 31.0 Å². The minimum absolute atomic E-state index is 0.201. The molecular weight excluding hydrogens is 242 g/mol. The SMILES string of the molecule is O=C(O)c1ccc(NC2CCOCC2)c(Cl)c1. The zero-order chi connectivity index (χ0) is 12.3. The molecule has 0 atom stereocenters. The summed E-state index contributed by atoms with van der Waals surface area (Å²) in [6.07, 6.45) is 1.88. The number of hydrogen-bond acceptors (Lipinski definition) is 3. The first-order chi connectivity index (χ1) is 8.16. The van der Waals surface area contributed by atoms with Crippen molar-refractivity contribution in [2.45, 2.75) is 18.9 Å². The molecule has 1 fully saturated rings. The van der Waals surface area contributed by atoms with Crippen LogP contribution in [0.25, 0.3) is 0 Å². The summed E-state index contributed by atoms with van der Waals surface area (Å²) in [5.41, 5.74) is 0.982. The third-order valence-electron chi connectivity index (χ3n) is 2.80. The molecule has 1 aliphatic heterocycles. The number of carbonyl (C=O) groups is 1. The number of carboxylic acids is 1. The molecule has 0 radical (unpaired) electrons. The summed E-state index contributed by atoms with van der Waals surface area (Å²) >= 11 is 6.04. The lowest BCUT2D eigenvalue weighted by Crippen LogP contribution is -2.27. The molecule has 1 aromatic carbocycles. The van der Waals surface area contributed by atoms with Crippen molar-refractivity contribution in [1.29, 1.82) is 0 Å². The molecule has 17 heavy (non-hydrogen) atoms. The molecule has 1 aliphatic rings. The molecule has 5 heteroatoms. The first kappa shape index (κ1) is 12.2. The predicted molar refractivity (Wildman–Crippen MR) is 65.9 cm³/mol. The van der Waals surface area contributed by atoms with Crippen LogP contribution in [0.5, 0.6) is 0 Å². The average Bonchev–Trinajstić information content (AvgIpc) is 2.33. The zero-order valence-electron chi connectivity index (χ0n) is 9.28. The number of nitrogens with one attached hydrogen (secondary N) is 1. The molecule has 4 nitrogen and oxygen atoms in total. The Hall–Kier alpha value is -1.26. The maximum atomic E-state index is 10.8. The molecule has 2 rings (SSSR count). The predicted octanol–water partition coefficient (Wildman–Crippen LogP) is 2.63. The van der Waals surface area contributed by atoms with E-state index in [0.717, 1.165) is 31.7 Å². The first-order valence-electron chi connectivity index (χ1n) is 5.54. The van der Waals surface area contributed by atoms with Crippen molar-refractivity contribution in [3.63, 3.8) is 0 Å². The highest BCUT2D eigenvalue weighted by Crippen LogP contribution is 2.25. The summed E-state index contributed by atoms with van der Waals surface area (Å²) in [4.78, 5) is 10.8. The summed E-state index contributed by atoms with van der Waals surface area (Å²) in [5.74, 6) is -0.968. The van der Waals surface area contributed by atoms with Gasteiger partial charge in [-0.2, -0.15) is 0 Å². The molecule has 0 aromatic heterocycles. The first-order valence-corrected chi connectivity index (χ1v) is 5.92. The number of benzene rings is 1. The Kier molecular flexibility index (Phi) is 3.86. The average molecular weight is 256 g/mol. The molecular formula is C12H14ClNO3. The molecule has 0 aliphatic carbocycles. The highest BCUT2D eigenvalue weighted by atomic mass is 35.5. The molecule has 2 N–H and O–H groups in total. The largest absolute Gasteiger partial charge is 0.478 e. The monoisotopic (exact) mass is 255 g/mol. The summed E-state index contributed by atoms with van der Waals surface area (Å²) in [5, 5.41) is 12.6. The number of hydrogen-bond donors (Lipinski definition) is 2.